The summed E-state index contributed by atoms with van der Waals surface area (Å²) in [5.41, 5.74) is 1.86. The predicted molar refractivity (Wildman–Crippen MR) is 102 cm³/mol. The van der Waals surface area contributed by atoms with E-state index in [0.717, 1.165) is 0 Å². The molecule has 0 unspecified atom stereocenters. The molecule has 0 spiro atoms. The van der Waals surface area contributed by atoms with Crippen molar-refractivity contribution in [2.45, 2.75) is 0 Å². The van der Waals surface area contributed by atoms with Gasteiger partial charge >= 0.3 is 5.97 Å². The second kappa shape index (κ2) is 8.42. The lowest BCUT2D eigenvalue weighted by Gasteiger charge is -2.10. The molecular weight excluding hydrogens is 358 g/mol. The number of hydrogen-bond donors (Lipinski definition) is 2. The van der Waals surface area contributed by atoms with Crippen LogP contribution in [0.5, 0.6) is 0 Å². The second-order valence-corrected chi connectivity index (χ2v) is 5.60. The van der Waals surface area contributed by atoms with Gasteiger partial charge in [-0.25, -0.2) is 14.8 Å². The first-order chi connectivity index (χ1) is 13.6. The minimum Gasteiger partial charge on any atom is -0.465 e. The number of methoxy groups -OCH3 is 1. The van der Waals surface area contributed by atoms with Crippen LogP contribution < -0.4 is 10.6 Å². The number of nitrogens with one attached hydrogen (secondary N) is 2. The Hall–Kier alpha value is -4.25. The molecule has 1 amide bonds. The fraction of sp³-hybridized carbons (Fsp3) is 0.0500. The molecule has 0 aliphatic heterocycles. The normalized spacial score (nSPS) is 9.86. The number of rotatable bonds is 5. The Bertz CT molecular complexity index is 1080. The van der Waals surface area contributed by atoms with Crippen LogP contribution in [0.4, 0.5) is 17.2 Å². The smallest absolute Gasteiger partial charge is 0.339 e. The van der Waals surface area contributed by atoms with Crippen LogP contribution in [0.3, 0.4) is 0 Å². The van der Waals surface area contributed by atoms with Gasteiger partial charge in [-0.1, -0.05) is 18.2 Å². The van der Waals surface area contributed by atoms with Gasteiger partial charge in [-0.05, 0) is 30.3 Å². The van der Waals surface area contributed by atoms with Crippen LogP contribution in [0.25, 0.3) is 0 Å². The molecule has 0 aliphatic rings. The van der Waals surface area contributed by atoms with Crippen molar-refractivity contribution in [1.29, 1.82) is 5.26 Å². The second-order valence-electron chi connectivity index (χ2n) is 5.60. The van der Waals surface area contributed by atoms with Gasteiger partial charge in [0.2, 0.25) is 0 Å². The van der Waals surface area contributed by atoms with Crippen molar-refractivity contribution in [3.63, 3.8) is 0 Å². The van der Waals surface area contributed by atoms with Crippen LogP contribution in [0, 0.1) is 11.3 Å². The number of amides is 1. The van der Waals surface area contributed by atoms with E-state index >= 15 is 0 Å². The van der Waals surface area contributed by atoms with Crippen molar-refractivity contribution in [1.82, 2.24) is 9.97 Å². The van der Waals surface area contributed by atoms with Crippen LogP contribution >= 0.6 is 0 Å². The van der Waals surface area contributed by atoms with Crippen molar-refractivity contribution in [3.05, 3.63) is 77.7 Å². The van der Waals surface area contributed by atoms with Gasteiger partial charge in [0.15, 0.2) is 0 Å². The summed E-state index contributed by atoms with van der Waals surface area (Å²) in [6.45, 7) is 0. The number of anilines is 3. The molecule has 2 aromatic carbocycles. The number of hydrogen-bond acceptors (Lipinski definition) is 7. The van der Waals surface area contributed by atoms with Crippen molar-refractivity contribution in [2.24, 2.45) is 0 Å². The van der Waals surface area contributed by atoms with E-state index in [-0.39, 0.29) is 5.69 Å². The van der Waals surface area contributed by atoms with Gasteiger partial charge in [-0.2, -0.15) is 5.26 Å². The zero-order valence-corrected chi connectivity index (χ0v) is 14.8. The van der Waals surface area contributed by atoms with Crippen molar-refractivity contribution < 1.29 is 14.3 Å². The molecule has 1 heterocycles. The number of nitriles is 1. The summed E-state index contributed by atoms with van der Waals surface area (Å²) in [4.78, 5) is 32.4. The molecule has 0 fully saturated rings. The van der Waals surface area contributed by atoms with Crippen LogP contribution in [0.15, 0.2) is 60.9 Å². The first-order valence-corrected chi connectivity index (χ1v) is 8.18. The molecular formula is C20H15N5O3. The maximum absolute atomic E-state index is 12.5. The maximum atomic E-state index is 12.5. The summed E-state index contributed by atoms with van der Waals surface area (Å²) in [5.74, 6) is -0.614. The Morgan fingerprint density at radius 1 is 1.07 bits per heavy atom. The van der Waals surface area contributed by atoms with Gasteiger partial charge in [0, 0.05) is 11.8 Å². The van der Waals surface area contributed by atoms with Crippen molar-refractivity contribution in [3.8, 4) is 6.07 Å². The molecule has 0 saturated carbocycles. The molecule has 8 heteroatoms. The largest absolute Gasteiger partial charge is 0.465 e. The molecule has 138 valence electrons. The molecule has 28 heavy (non-hydrogen) atoms. The van der Waals surface area contributed by atoms with Gasteiger partial charge in [0.25, 0.3) is 5.91 Å². The molecule has 0 aliphatic carbocycles. The van der Waals surface area contributed by atoms with Crippen LogP contribution in [-0.2, 0) is 4.74 Å². The highest BCUT2D eigenvalue weighted by atomic mass is 16.5. The topological polar surface area (TPSA) is 117 Å². The quantitative estimate of drug-likeness (QED) is 0.660. The Morgan fingerprint density at radius 2 is 1.89 bits per heavy atom. The van der Waals surface area contributed by atoms with E-state index < -0.39 is 11.9 Å². The summed E-state index contributed by atoms with van der Waals surface area (Å²) >= 11 is 0. The lowest BCUT2D eigenvalue weighted by atomic mass is 10.2. The van der Waals surface area contributed by atoms with Crippen molar-refractivity contribution >= 4 is 29.1 Å². The summed E-state index contributed by atoms with van der Waals surface area (Å²) in [6.07, 6.45) is 1.24. The Morgan fingerprint density at radius 3 is 2.68 bits per heavy atom. The number of esters is 1. The lowest BCUT2D eigenvalue weighted by Crippen LogP contribution is -2.14. The number of carbonyl (C=O) groups is 2. The SMILES string of the molecule is COC(=O)c1ccccc1Nc1cc(C(=O)Nc2cccc(C#N)c2)ncn1. The molecule has 2 N–H and O–H groups in total. The first-order valence-electron chi connectivity index (χ1n) is 8.18. The average Bonchev–Trinajstić information content (AvgIpc) is 2.74. The fourth-order valence-electron chi connectivity index (χ4n) is 2.43. The van der Waals surface area contributed by atoms with Crippen LogP contribution in [0.2, 0.25) is 0 Å². The van der Waals surface area contributed by atoms with Crippen LogP contribution in [0.1, 0.15) is 26.4 Å². The Labute approximate surface area is 160 Å². The predicted octanol–water partition coefficient (Wildman–Crippen LogP) is 3.13. The number of para-hydroxylation sites is 1. The van der Waals surface area contributed by atoms with Gasteiger partial charge in [0.05, 0.1) is 30.0 Å². The summed E-state index contributed by atoms with van der Waals surface area (Å²) in [6, 6.07) is 16.8. The minimum atomic E-state index is -0.493. The Kier molecular flexibility index (Phi) is 5.58. The van der Waals surface area contributed by atoms with E-state index in [2.05, 4.69) is 20.6 Å². The molecule has 3 rings (SSSR count). The van der Waals surface area contributed by atoms with E-state index in [4.69, 9.17) is 10.00 Å². The molecule has 0 atom stereocenters. The maximum Gasteiger partial charge on any atom is 0.339 e. The zero-order chi connectivity index (χ0) is 19.9. The third-order valence-corrected chi connectivity index (χ3v) is 3.74. The standard InChI is InChI=1S/C20H15N5O3/c1-28-20(27)15-7-2-3-8-16(15)25-18-10-17(22-12-23-18)19(26)24-14-6-4-5-13(9-14)11-21/h2-10,12H,1H3,(H,24,26)(H,22,23,25). The fourth-order valence-corrected chi connectivity index (χ4v) is 2.43. The van der Waals surface area contributed by atoms with E-state index in [1.165, 1.54) is 19.5 Å². The lowest BCUT2D eigenvalue weighted by molar-refractivity contribution is 0.0601. The summed E-state index contributed by atoms with van der Waals surface area (Å²) in [7, 11) is 1.30. The van der Waals surface area contributed by atoms with Crippen LogP contribution in [-0.4, -0.2) is 29.0 Å². The van der Waals surface area contributed by atoms with Gasteiger partial charge in [-0.3, -0.25) is 4.79 Å². The number of carbonyl (C=O) groups excluding carboxylic acids is 2. The zero-order valence-electron chi connectivity index (χ0n) is 14.8. The number of benzene rings is 2. The molecule has 1 aromatic heterocycles. The monoisotopic (exact) mass is 373 g/mol. The van der Waals surface area contributed by atoms with Crippen molar-refractivity contribution in [2.75, 3.05) is 17.7 Å². The van der Waals surface area contributed by atoms with Gasteiger partial charge in [-0.15, -0.1) is 0 Å². The third kappa shape index (κ3) is 4.28. The van der Waals surface area contributed by atoms with Gasteiger partial charge in [0.1, 0.15) is 17.8 Å². The van der Waals surface area contributed by atoms with E-state index in [1.54, 1.807) is 48.5 Å². The van der Waals surface area contributed by atoms with E-state index in [1.807, 2.05) is 6.07 Å². The highest BCUT2D eigenvalue weighted by Gasteiger charge is 2.13. The number of aromatic nitrogens is 2. The summed E-state index contributed by atoms with van der Waals surface area (Å²) < 4.78 is 4.76. The number of ether oxygens (including phenoxy) is 1. The van der Waals surface area contributed by atoms with E-state index in [9.17, 15) is 9.59 Å². The molecule has 3 aromatic rings. The third-order valence-electron chi connectivity index (χ3n) is 3.74. The highest BCUT2D eigenvalue weighted by molar-refractivity contribution is 6.03. The average molecular weight is 373 g/mol. The number of nitrogens with zero attached hydrogens (tertiary/aromatic N) is 3. The minimum absolute atomic E-state index is 0.121. The van der Waals surface area contributed by atoms with Gasteiger partial charge < -0.3 is 15.4 Å². The highest BCUT2D eigenvalue weighted by Crippen LogP contribution is 2.21. The summed E-state index contributed by atoms with van der Waals surface area (Å²) in [5, 5.41) is 14.6. The molecule has 0 saturated heterocycles. The molecule has 0 bridgehead atoms. The first kappa shape index (κ1) is 18.5. The Balaban J connectivity index is 1.80. The van der Waals surface area contributed by atoms with E-state index in [0.29, 0.717) is 28.3 Å². The molecule has 0 radical (unpaired) electrons. The molecule has 8 nitrogen and oxygen atoms in total.